The highest BCUT2D eigenvalue weighted by atomic mass is 16.2. The van der Waals surface area contributed by atoms with Gasteiger partial charge in [0.1, 0.15) is 0 Å². The van der Waals surface area contributed by atoms with Crippen molar-refractivity contribution in [2.75, 3.05) is 13.6 Å². The van der Waals surface area contributed by atoms with Crippen molar-refractivity contribution in [1.29, 1.82) is 0 Å². The van der Waals surface area contributed by atoms with E-state index in [1.807, 2.05) is 45.3 Å². The first-order valence-electron chi connectivity index (χ1n) is 10.1. The maximum Gasteiger partial charge on any atom is 0.239 e. The summed E-state index contributed by atoms with van der Waals surface area (Å²) in [5.41, 5.74) is 4.24. The van der Waals surface area contributed by atoms with Gasteiger partial charge in [0.15, 0.2) is 5.96 Å². The van der Waals surface area contributed by atoms with Gasteiger partial charge in [0.25, 0.3) is 0 Å². The molecule has 0 saturated carbocycles. The number of carbonyl (C=O) groups excluding carboxylic acids is 1. The number of rotatable bonds is 6. The molecule has 7 heteroatoms. The molecule has 0 bridgehead atoms. The van der Waals surface area contributed by atoms with Crippen molar-refractivity contribution in [3.8, 4) is 0 Å². The molecule has 30 heavy (non-hydrogen) atoms. The molecular weight excluding hydrogens is 376 g/mol. The molecule has 0 spiro atoms. The zero-order valence-electron chi connectivity index (χ0n) is 18.1. The third-order valence-corrected chi connectivity index (χ3v) is 4.52. The Kier molecular flexibility index (Phi) is 6.72. The Labute approximate surface area is 177 Å². The van der Waals surface area contributed by atoms with Crippen LogP contribution in [0.25, 0.3) is 11.0 Å². The Hall–Kier alpha value is -3.35. The van der Waals surface area contributed by atoms with Crippen LogP contribution in [0.3, 0.4) is 0 Å². The lowest BCUT2D eigenvalue weighted by Crippen LogP contribution is -2.48. The van der Waals surface area contributed by atoms with Crippen LogP contribution in [-0.2, 0) is 17.9 Å². The summed E-state index contributed by atoms with van der Waals surface area (Å²) in [5.74, 6) is 0.523. The first-order chi connectivity index (χ1) is 14.3. The normalized spacial score (nSPS) is 12.1. The highest BCUT2D eigenvalue weighted by Crippen LogP contribution is 2.14. The summed E-state index contributed by atoms with van der Waals surface area (Å²) in [6.45, 7) is 7.44. The number of imidazole rings is 1. The third-order valence-electron chi connectivity index (χ3n) is 4.52. The second-order valence-corrected chi connectivity index (χ2v) is 8.26. The average molecular weight is 407 g/mol. The fraction of sp³-hybridized carbons (Fsp3) is 0.348. The summed E-state index contributed by atoms with van der Waals surface area (Å²) in [7, 11) is 1.69. The summed E-state index contributed by atoms with van der Waals surface area (Å²) in [6, 6.07) is 16.6. The van der Waals surface area contributed by atoms with E-state index in [1.54, 1.807) is 7.05 Å². The molecule has 0 aliphatic rings. The Morgan fingerprint density at radius 2 is 1.73 bits per heavy atom. The Balaban J connectivity index is 1.50. The second-order valence-electron chi connectivity index (χ2n) is 8.26. The van der Waals surface area contributed by atoms with Crippen LogP contribution in [0.2, 0.25) is 0 Å². The molecule has 0 aliphatic heterocycles. The summed E-state index contributed by atoms with van der Waals surface area (Å²) in [5, 5.41) is 9.19. The minimum Gasteiger partial charge on any atom is -0.352 e. The van der Waals surface area contributed by atoms with Gasteiger partial charge in [0, 0.05) is 25.7 Å². The number of carbonyl (C=O) groups is 1. The number of fused-ring (bicyclic) bond motifs is 1. The van der Waals surface area contributed by atoms with Gasteiger partial charge in [-0.15, -0.1) is 0 Å². The Morgan fingerprint density at radius 1 is 1.03 bits per heavy atom. The Bertz CT molecular complexity index is 1010. The summed E-state index contributed by atoms with van der Waals surface area (Å²) >= 11 is 0. The van der Waals surface area contributed by atoms with Gasteiger partial charge in [-0.25, -0.2) is 4.98 Å². The molecule has 0 atom stereocenters. The van der Waals surface area contributed by atoms with Gasteiger partial charge < -0.3 is 20.5 Å². The zero-order valence-corrected chi connectivity index (χ0v) is 18.1. The standard InChI is InChI=1S/C23H30N6O/c1-23(2,3)28-21(30)14-26-22(24-4)25-13-17-9-11-18(12-10-17)15-29-16-27-19-7-5-6-8-20(19)29/h5-12,16H,13-15H2,1-4H3,(H,28,30)(H2,24,25,26). The molecule has 1 aromatic heterocycles. The van der Waals surface area contributed by atoms with Crippen molar-refractivity contribution >= 4 is 22.9 Å². The molecule has 0 radical (unpaired) electrons. The molecule has 0 fully saturated rings. The van der Waals surface area contributed by atoms with E-state index in [4.69, 9.17) is 0 Å². The van der Waals surface area contributed by atoms with E-state index in [1.165, 1.54) is 5.56 Å². The molecule has 3 N–H and O–H groups in total. The minimum atomic E-state index is -0.250. The maximum atomic E-state index is 11.9. The smallest absolute Gasteiger partial charge is 0.239 e. The molecule has 158 valence electrons. The van der Waals surface area contributed by atoms with E-state index >= 15 is 0 Å². The predicted molar refractivity (Wildman–Crippen MR) is 121 cm³/mol. The minimum absolute atomic E-state index is 0.0678. The number of nitrogens with one attached hydrogen (secondary N) is 3. The number of amides is 1. The summed E-state index contributed by atoms with van der Waals surface area (Å²) in [6.07, 6.45) is 1.88. The SMILES string of the molecule is CN=C(NCC(=O)NC(C)(C)C)NCc1ccc(Cn2cnc3ccccc32)cc1. The lowest BCUT2D eigenvalue weighted by atomic mass is 10.1. The summed E-state index contributed by atoms with van der Waals surface area (Å²) in [4.78, 5) is 20.6. The number of aliphatic imine (C=N–C) groups is 1. The van der Waals surface area contributed by atoms with E-state index in [0.29, 0.717) is 12.5 Å². The van der Waals surface area contributed by atoms with Crippen LogP contribution in [0, 0.1) is 0 Å². The molecule has 2 aromatic carbocycles. The zero-order chi connectivity index (χ0) is 21.6. The monoisotopic (exact) mass is 406 g/mol. The van der Waals surface area contributed by atoms with Crippen molar-refractivity contribution < 1.29 is 4.79 Å². The lowest BCUT2D eigenvalue weighted by molar-refractivity contribution is -0.121. The van der Waals surface area contributed by atoms with Crippen LogP contribution in [-0.4, -0.2) is 40.5 Å². The number of benzene rings is 2. The molecule has 0 aliphatic carbocycles. The second kappa shape index (κ2) is 9.43. The molecule has 0 unspecified atom stereocenters. The van der Waals surface area contributed by atoms with E-state index in [9.17, 15) is 4.79 Å². The largest absolute Gasteiger partial charge is 0.352 e. The first-order valence-corrected chi connectivity index (χ1v) is 10.1. The molecule has 3 rings (SSSR count). The quantitative estimate of drug-likeness (QED) is 0.434. The van der Waals surface area contributed by atoms with Gasteiger partial charge in [0.05, 0.1) is 23.9 Å². The molecule has 0 saturated heterocycles. The van der Waals surface area contributed by atoms with Gasteiger partial charge in [-0.2, -0.15) is 0 Å². The van der Waals surface area contributed by atoms with Gasteiger partial charge in [-0.3, -0.25) is 9.79 Å². The van der Waals surface area contributed by atoms with Crippen LogP contribution in [0.4, 0.5) is 0 Å². The van der Waals surface area contributed by atoms with Crippen LogP contribution >= 0.6 is 0 Å². The van der Waals surface area contributed by atoms with Gasteiger partial charge in [-0.1, -0.05) is 36.4 Å². The number of hydrogen-bond acceptors (Lipinski definition) is 3. The van der Waals surface area contributed by atoms with Crippen LogP contribution in [0.5, 0.6) is 0 Å². The molecular formula is C23H30N6O. The highest BCUT2D eigenvalue weighted by Gasteiger charge is 2.13. The van der Waals surface area contributed by atoms with E-state index in [-0.39, 0.29) is 18.0 Å². The molecule has 1 heterocycles. The first kappa shape index (κ1) is 21.4. The Morgan fingerprint density at radius 3 is 2.43 bits per heavy atom. The number of para-hydroxylation sites is 2. The van der Waals surface area contributed by atoms with Gasteiger partial charge >= 0.3 is 0 Å². The van der Waals surface area contributed by atoms with Gasteiger partial charge in [-0.05, 0) is 44.0 Å². The van der Waals surface area contributed by atoms with E-state index < -0.39 is 0 Å². The number of guanidine groups is 1. The van der Waals surface area contributed by atoms with E-state index in [0.717, 1.165) is 23.1 Å². The predicted octanol–water partition coefficient (Wildman–Crippen LogP) is 2.66. The van der Waals surface area contributed by atoms with Crippen LogP contribution in [0.1, 0.15) is 31.9 Å². The van der Waals surface area contributed by atoms with Crippen molar-refractivity contribution in [2.45, 2.75) is 39.4 Å². The molecule has 7 nitrogen and oxygen atoms in total. The number of aromatic nitrogens is 2. The fourth-order valence-corrected chi connectivity index (χ4v) is 3.13. The fourth-order valence-electron chi connectivity index (χ4n) is 3.13. The van der Waals surface area contributed by atoms with Crippen molar-refractivity contribution in [1.82, 2.24) is 25.5 Å². The summed E-state index contributed by atoms with van der Waals surface area (Å²) < 4.78 is 2.15. The average Bonchev–Trinajstić information content (AvgIpc) is 3.11. The van der Waals surface area contributed by atoms with Crippen molar-refractivity contribution in [3.63, 3.8) is 0 Å². The van der Waals surface area contributed by atoms with Gasteiger partial charge in [0.2, 0.25) is 5.91 Å². The van der Waals surface area contributed by atoms with Crippen molar-refractivity contribution in [3.05, 3.63) is 66.0 Å². The maximum absolute atomic E-state index is 11.9. The van der Waals surface area contributed by atoms with Crippen LogP contribution in [0.15, 0.2) is 59.9 Å². The lowest BCUT2D eigenvalue weighted by Gasteiger charge is -2.21. The third kappa shape index (κ3) is 6.07. The molecule has 3 aromatic rings. The van der Waals surface area contributed by atoms with E-state index in [2.05, 4.69) is 60.8 Å². The van der Waals surface area contributed by atoms with Crippen LogP contribution < -0.4 is 16.0 Å². The molecule has 1 amide bonds. The highest BCUT2D eigenvalue weighted by molar-refractivity contribution is 5.86. The number of hydrogen-bond donors (Lipinski definition) is 3. The number of nitrogens with zero attached hydrogens (tertiary/aromatic N) is 3. The topological polar surface area (TPSA) is 83.3 Å². The van der Waals surface area contributed by atoms with Crippen molar-refractivity contribution in [2.24, 2.45) is 4.99 Å².